The molecule has 0 aromatic heterocycles. The van der Waals surface area contributed by atoms with Crippen LogP contribution < -0.4 is 10.6 Å². The molecule has 0 bridgehead atoms. The average molecular weight is 258 g/mol. The van der Waals surface area contributed by atoms with Crippen LogP contribution in [0.1, 0.15) is 26.7 Å². The molecule has 0 radical (unpaired) electrons. The van der Waals surface area contributed by atoms with Crippen LogP contribution in [0.5, 0.6) is 0 Å². The van der Waals surface area contributed by atoms with Gasteiger partial charge in [0.1, 0.15) is 0 Å². The lowest BCUT2D eigenvalue weighted by Crippen LogP contribution is -2.46. The minimum Gasteiger partial charge on any atom is -0.481 e. The molecule has 0 aromatic carbocycles. The van der Waals surface area contributed by atoms with Gasteiger partial charge in [-0.1, -0.05) is 6.92 Å². The largest absolute Gasteiger partial charge is 0.481 e. The molecule has 0 spiro atoms. The van der Waals surface area contributed by atoms with Crippen LogP contribution in [0.25, 0.3) is 0 Å². The number of carboxylic acid groups (broad SMARTS) is 1. The number of amides is 1. The number of hydrogen-bond acceptors (Lipinski definition) is 4. The lowest BCUT2D eigenvalue weighted by Gasteiger charge is -2.25. The maximum Gasteiger partial charge on any atom is 0.311 e. The third-order valence-electron chi connectivity index (χ3n) is 3.40. The molecule has 2 atom stereocenters. The second-order valence-corrected chi connectivity index (χ2v) is 4.93. The van der Waals surface area contributed by atoms with Crippen molar-refractivity contribution < 1.29 is 19.4 Å². The highest BCUT2D eigenvalue weighted by molar-refractivity contribution is 5.79. The topological polar surface area (TPSA) is 87.7 Å². The van der Waals surface area contributed by atoms with Crippen LogP contribution in [0, 0.1) is 5.41 Å². The Bertz CT molecular complexity index is 302. The first kappa shape index (κ1) is 14.9. The molecule has 0 aliphatic carbocycles. The third-order valence-corrected chi connectivity index (χ3v) is 3.40. The number of carbonyl (C=O) groups excluding carboxylic acids is 1. The first-order valence-corrected chi connectivity index (χ1v) is 6.29. The molecular formula is C12H22N2O4. The summed E-state index contributed by atoms with van der Waals surface area (Å²) < 4.78 is 5.25. The number of hydrogen-bond donors (Lipinski definition) is 3. The van der Waals surface area contributed by atoms with Gasteiger partial charge in [-0.05, 0) is 13.3 Å². The molecule has 18 heavy (non-hydrogen) atoms. The second-order valence-electron chi connectivity index (χ2n) is 4.93. The molecule has 1 saturated heterocycles. The average Bonchev–Trinajstić information content (AvgIpc) is 2.37. The summed E-state index contributed by atoms with van der Waals surface area (Å²) in [6.07, 6.45) is 0.798. The van der Waals surface area contributed by atoms with E-state index in [1.807, 2.05) is 0 Å². The molecule has 3 N–H and O–H groups in total. The van der Waals surface area contributed by atoms with E-state index >= 15 is 0 Å². The maximum atomic E-state index is 11.7. The summed E-state index contributed by atoms with van der Waals surface area (Å²) in [6, 6.07) is 0.0245. The minimum absolute atomic E-state index is 0.0245. The molecule has 1 fully saturated rings. The first-order chi connectivity index (χ1) is 8.48. The Morgan fingerprint density at radius 2 is 2.28 bits per heavy atom. The number of rotatable bonds is 6. The van der Waals surface area contributed by atoms with Crippen molar-refractivity contribution >= 4 is 11.9 Å². The van der Waals surface area contributed by atoms with Crippen molar-refractivity contribution in [2.24, 2.45) is 5.41 Å². The van der Waals surface area contributed by atoms with Gasteiger partial charge in [-0.25, -0.2) is 0 Å². The SMILES string of the molecule is CCC(C)(CNC(=O)CC1COCCN1)C(=O)O. The quantitative estimate of drug-likeness (QED) is 0.623. The van der Waals surface area contributed by atoms with Crippen LogP contribution >= 0.6 is 0 Å². The zero-order valence-corrected chi connectivity index (χ0v) is 11.0. The normalized spacial score (nSPS) is 23.1. The number of nitrogens with one attached hydrogen (secondary N) is 2. The van der Waals surface area contributed by atoms with Gasteiger partial charge in [0.25, 0.3) is 0 Å². The summed E-state index contributed by atoms with van der Waals surface area (Å²) in [4.78, 5) is 22.8. The number of morpholine rings is 1. The molecule has 1 aliphatic heterocycles. The zero-order chi connectivity index (χ0) is 13.6. The highest BCUT2D eigenvalue weighted by Crippen LogP contribution is 2.19. The van der Waals surface area contributed by atoms with Gasteiger partial charge in [0.15, 0.2) is 0 Å². The van der Waals surface area contributed by atoms with E-state index in [4.69, 9.17) is 9.84 Å². The van der Waals surface area contributed by atoms with Crippen LogP contribution in [-0.2, 0) is 14.3 Å². The van der Waals surface area contributed by atoms with Crippen molar-refractivity contribution in [3.8, 4) is 0 Å². The van der Waals surface area contributed by atoms with Gasteiger partial charge >= 0.3 is 5.97 Å². The summed E-state index contributed by atoms with van der Waals surface area (Å²) in [5.41, 5.74) is -0.897. The Labute approximate surface area is 107 Å². The smallest absolute Gasteiger partial charge is 0.311 e. The second kappa shape index (κ2) is 6.70. The van der Waals surface area contributed by atoms with Crippen molar-refractivity contribution in [3.05, 3.63) is 0 Å². The van der Waals surface area contributed by atoms with Crippen LogP contribution in [-0.4, -0.2) is 49.3 Å². The van der Waals surface area contributed by atoms with Gasteiger partial charge in [0, 0.05) is 25.6 Å². The third kappa shape index (κ3) is 4.27. The molecule has 104 valence electrons. The number of aliphatic carboxylic acids is 1. The van der Waals surface area contributed by atoms with E-state index in [1.54, 1.807) is 13.8 Å². The van der Waals surface area contributed by atoms with Crippen LogP contribution in [0.2, 0.25) is 0 Å². The molecule has 1 heterocycles. The fourth-order valence-electron chi connectivity index (χ4n) is 1.69. The van der Waals surface area contributed by atoms with Crippen LogP contribution in [0.3, 0.4) is 0 Å². The zero-order valence-electron chi connectivity index (χ0n) is 11.0. The molecule has 2 unspecified atom stereocenters. The Morgan fingerprint density at radius 3 is 2.78 bits per heavy atom. The van der Waals surface area contributed by atoms with E-state index in [0.29, 0.717) is 26.1 Å². The van der Waals surface area contributed by atoms with E-state index in [1.165, 1.54) is 0 Å². The van der Waals surface area contributed by atoms with E-state index in [0.717, 1.165) is 6.54 Å². The van der Waals surface area contributed by atoms with Crippen LogP contribution in [0.15, 0.2) is 0 Å². The first-order valence-electron chi connectivity index (χ1n) is 6.29. The van der Waals surface area contributed by atoms with E-state index in [2.05, 4.69) is 10.6 Å². The van der Waals surface area contributed by atoms with E-state index < -0.39 is 11.4 Å². The number of carbonyl (C=O) groups is 2. The van der Waals surface area contributed by atoms with E-state index in [9.17, 15) is 9.59 Å². The predicted octanol–water partition coefficient (Wildman–Crippen LogP) is -0.0180. The Morgan fingerprint density at radius 1 is 1.56 bits per heavy atom. The van der Waals surface area contributed by atoms with Gasteiger partial charge in [-0.2, -0.15) is 0 Å². The lowest BCUT2D eigenvalue weighted by molar-refractivity contribution is -0.148. The monoisotopic (exact) mass is 258 g/mol. The molecule has 0 aromatic rings. The molecule has 1 amide bonds. The molecule has 6 nitrogen and oxygen atoms in total. The summed E-state index contributed by atoms with van der Waals surface area (Å²) in [6.45, 7) is 5.54. The highest BCUT2D eigenvalue weighted by atomic mass is 16.5. The Kier molecular flexibility index (Phi) is 5.55. The maximum absolute atomic E-state index is 11.7. The minimum atomic E-state index is -0.897. The van der Waals surface area contributed by atoms with Gasteiger partial charge in [-0.3, -0.25) is 9.59 Å². The molecule has 6 heteroatoms. The Balaban J connectivity index is 2.33. The Hall–Kier alpha value is -1.14. The summed E-state index contributed by atoms with van der Waals surface area (Å²) in [5, 5.41) is 15.0. The summed E-state index contributed by atoms with van der Waals surface area (Å²) >= 11 is 0. The van der Waals surface area contributed by atoms with Crippen molar-refractivity contribution in [1.29, 1.82) is 0 Å². The lowest BCUT2D eigenvalue weighted by atomic mass is 9.87. The van der Waals surface area contributed by atoms with Crippen LogP contribution in [0.4, 0.5) is 0 Å². The number of carboxylic acids is 1. The summed E-state index contributed by atoms with van der Waals surface area (Å²) in [7, 11) is 0. The van der Waals surface area contributed by atoms with E-state index in [-0.39, 0.29) is 18.5 Å². The molecule has 1 aliphatic rings. The molecular weight excluding hydrogens is 236 g/mol. The molecule has 0 saturated carbocycles. The number of ether oxygens (including phenoxy) is 1. The standard InChI is InChI=1S/C12H22N2O4/c1-3-12(2,11(16)17)8-14-10(15)6-9-7-18-5-4-13-9/h9,13H,3-8H2,1-2H3,(H,14,15)(H,16,17). The van der Waals surface area contributed by atoms with Gasteiger partial charge in [-0.15, -0.1) is 0 Å². The predicted molar refractivity (Wildman–Crippen MR) is 66.3 cm³/mol. The van der Waals surface area contributed by atoms with Crippen molar-refractivity contribution in [3.63, 3.8) is 0 Å². The highest BCUT2D eigenvalue weighted by Gasteiger charge is 2.31. The fourth-order valence-corrected chi connectivity index (χ4v) is 1.69. The summed E-state index contributed by atoms with van der Waals surface area (Å²) in [5.74, 6) is -1.02. The van der Waals surface area contributed by atoms with Gasteiger partial charge in [0.05, 0.1) is 18.6 Å². The van der Waals surface area contributed by atoms with Crippen molar-refractivity contribution in [1.82, 2.24) is 10.6 Å². The molecule has 1 rings (SSSR count). The van der Waals surface area contributed by atoms with Crippen molar-refractivity contribution in [2.45, 2.75) is 32.7 Å². The van der Waals surface area contributed by atoms with Crippen molar-refractivity contribution in [2.75, 3.05) is 26.3 Å². The van der Waals surface area contributed by atoms with Gasteiger partial charge in [0.2, 0.25) is 5.91 Å². The van der Waals surface area contributed by atoms with Gasteiger partial charge < -0.3 is 20.5 Å². The fraction of sp³-hybridized carbons (Fsp3) is 0.833.